The van der Waals surface area contributed by atoms with Crippen molar-refractivity contribution in [2.75, 3.05) is 0 Å². The van der Waals surface area contributed by atoms with Gasteiger partial charge in [-0.15, -0.1) is 0 Å². The molecule has 0 spiro atoms. The maximum absolute atomic E-state index is 6.68. The lowest BCUT2D eigenvalue weighted by Crippen LogP contribution is -2.00. The summed E-state index contributed by atoms with van der Waals surface area (Å²) in [5.74, 6) is 1.80. The first-order valence-electron chi connectivity index (χ1n) is 15.6. The average Bonchev–Trinajstić information content (AvgIpc) is 3.53. The molecule has 0 atom stereocenters. The van der Waals surface area contributed by atoms with Gasteiger partial charge < -0.3 is 4.42 Å². The minimum atomic E-state index is 0.583. The molecule has 220 valence electrons. The van der Waals surface area contributed by atoms with Crippen LogP contribution < -0.4 is 0 Å². The summed E-state index contributed by atoms with van der Waals surface area (Å²) in [6.07, 6.45) is 1.81. The molecule has 0 radical (unpaired) electrons. The predicted molar refractivity (Wildman–Crippen MR) is 190 cm³/mol. The van der Waals surface area contributed by atoms with Crippen molar-refractivity contribution < 1.29 is 4.42 Å². The van der Waals surface area contributed by atoms with E-state index >= 15 is 0 Å². The number of fused-ring (bicyclic) bond motifs is 4. The second-order valence-corrected chi connectivity index (χ2v) is 11.5. The normalized spacial score (nSPS) is 11.4. The molecular weight excluding hydrogens is 576 g/mol. The number of rotatable bonds is 5. The minimum Gasteiger partial charge on any atom is -0.455 e. The van der Waals surface area contributed by atoms with Gasteiger partial charge in [-0.05, 0) is 41.0 Å². The average molecular weight is 603 g/mol. The van der Waals surface area contributed by atoms with Gasteiger partial charge in [0, 0.05) is 50.7 Å². The van der Waals surface area contributed by atoms with E-state index in [9.17, 15) is 0 Å². The van der Waals surface area contributed by atoms with E-state index in [1.165, 1.54) is 0 Å². The monoisotopic (exact) mass is 602 g/mol. The first-order chi connectivity index (χ1) is 23.3. The van der Waals surface area contributed by atoms with E-state index < -0.39 is 0 Å². The second-order valence-electron chi connectivity index (χ2n) is 11.5. The van der Waals surface area contributed by atoms with Crippen LogP contribution in [0.5, 0.6) is 0 Å². The van der Waals surface area contributed by atoms with E-state index in [0.29, 0.717) is 17.5 Å². The Balaban J connectivity index is 1.30. The molecule has 9 aromatic rings. The van der Waals surface area contributed by atoms with Gasteiger partial charge in [-0.1, -0.05) is 121 Å². The molecule has 0 saturated carbocycles. The van der Waals surface area contributed by atoms with Gasteiger partial charge in [-0.25, -0.2) is 15.0 Å². The Hall–Kier alpha value is -6.46. The number of nitrogens with zero attached hydrogens (tertiary/aromatic N) is 4. The highest BCUT2D eigenvalue weighted by atomic mass is 16.3. The van der Waals surface area contributed by atoms with Crippen LogP contribution in [0.4, 0.5) is 0 Å². The molecule has 0 aliphatic heterocycles. The van der Waals surface area contributed by atoms with E-state index in [2.05, 4.69) is 89.9 Å². The Bertz CT molecular complexity index is 2540. The molecule has 0 fully saturated rings. The summed E-state index contributed by atoms with van der Waals surface area (Å²) < 4.78 is 6.68. The number of aromatic nitrogens is 4. The second kappa shape index (κ2) is 11.2. The zero-order chi connectivity index (χ0) is 31.2. The van der Waals surface area contributed by atoms with Gasteiger partial charge in [0.1, 0.15) is 11.2 Å². The van der Waals surface area contributed by atoms with Crippen molar-refractivity contribution in [2.45, 2.75) is 0 Å². The largest absolute Gasteiger partial charge is 0.455 e. The Morgan fingerprint density at radius 1 is 0.426 bits per heavy atom. The highest BCUT2D eigenvalue weighted by Gasteiger charge is 2.21. The van der Waals surface area contributed by atoms with Crippen LogP contribution in [0.3, 0.4) is 0 Å². The third kappa shape index (κ3) is 4.82. The lowest BCUT2D eigenvalue weighted by atomic mass is 9.97. The van der Waals surface area contributed by atoms with Crippen molar-refractivity contribution in [1.82, 2.24) is 19.9 Å². The standard InChI is InChI=1S/C42H26N4O/c1-4-11-27(12-5-1)28-18-20-31(21-19-28)41-44-40(30-15-8-3-9-16-30)45-42(46-41)34-23-22-33(29-13-6-2-7-14-29)39-38(34)35-25-32-17-10-24-43-36(32)26-37(35)47-39/h1-26H. The van der Waals surface area contributed by atoms with E-state index in [1.54, 1.807) is 0 Å². The molecule has 0 aliphatic carbocycles. The summed E-state index contributed by atoms with van der Waals surface area (Å²) in [5.41, 5.74) is 9.53. The molecule has 6 aromatic carbocycles. The van der Waals surface area contributed by atoms with Crippen molar-refractivity contribution in [3.05, 3.63) is 158 Å². The van der Waals surface area contributed by atoms with Crippen LogP contribution in [0.2, 0.25) is 0 Å². The van der Waals surface area contributed by atoms with E-state index in [1.807, 2.05) is 72.9 Å². The Kier molecular flexibility index (Phi) is 6.39. The van der Waals surface area contributed by atoms with Gasteiger partial charge in [-0.3, -0.25) is 4.98 Å². The maximum atomic E-state index is 6.68. The van der Waals surface area contributed by atoms with E-state index in [4.69, 9.17) is 19.4 Å². The molecule has 0 unspecified atom stereocenters. The van der Waals surface area contributed by atoms with Crippen LogP contribution in [0.25, 0.3) is 89.3 Å². The summed E-state index contributed by atoms with van der Waals surface area (Å²) in [4.78, 5) is 19.8. The third-order valence-electron chi connectivity index (χ3n) is 8.59. The van der Waals surface area contributed by atoms with Crippen LogP contribution in [0, 0.1) is 0 Å². The zero-order valence-electron chi connectivity index (χ0n) is 25.2. The molecule has 0 aliphatic rings. The number of furan rings is 1. The molecule has 47 heavy (non-hydrogen) atoms. The molecule has 0 amide bonds. The van der Waals surface area contributed by atoms with Gasteiger partial charge in [0.25, 0.3) is 0 Å². The van der Waals surface area contributed by atoms with Crippen molar-refractivity contribution in [1.29, 1.82) is 0 Å². The molecule has 0 N–H and O–H groups in total. The summed E-state index contributed by atoms with van der Waals surface area (Å²) in [5, 5.41) is 2.99. The molecule has 5 nitrogen and oxygen atoms in total. The van der Waals surface area contributed by atoms with Gasteiger partial charge >= 0.3 is 0 Å². The van der Waals surface area contributed by atoms with Crippen LogP contribution in [0.15, 0.2) is 162 Å². The minimum absolute atomic E-state index is 0.583. The fraction of sp³-hybridized carbons (Fsp3) is 0. The van der Waals surface area contributed by atoms with Crippen LogP contribution in [-0.2, 0) is 0 Å². The van der Waals surface area contributed by atoms with Gasteiger partial charge in [-0.2, -0.15) is 0 Å². The van der Waals surface area contributed by atoms with Gasteiger partial charge in [0.2, 0.25) is 0 Å². The quantitative estimate of drug-likeness (QED) is 0.196. The number of hydrogen-bond acceptors (Lipinski definition) is 5. The lowest BCUT2D eigenvalue weighted by Gasteiger charge is -2.11. The lowest BCUT2D eigenvalue weighted by molar-refractivity contribution is 0.670. The summed E-state index contributed by atoms with van der Waals surface area (Å²) in [7, 11) is 0. The van der Waals surface area contributed by atoms with Gasteiger partial charge in [0.05, 0.1) is 5.52 Å². The third-order valence-corrected chi connectivity index (χ3v) is 8.59. The molecule has 0 saturated heterocycles. The molecular formula is C42H26N4O. The summed E-state index contributed by atoms with van der Waals surface area (Å²) in [6.45, 7) is 0. The SMILES string of the molecule is c1ccc(-c2ccc(-c3nc(-c4ccccc4)nc(-c4ccc(-c5ccccc5)c5oc6cc7ncccc7cc6c45)n3)cc2)cc1. The van der Waals surface area contributed by atoms with Crippen LogP contribution >= 0.6 is 0 Å². The number of benzene rings is 6. The van der Waals surface area contributed by atoms with Crippen molar-refractivity contribution in [2.24, 2.45) is 0 Å². The summed E-state index contributed by atoms with van der Waals surface area (Å²) in [6, 6.07) is 51.6. The molecule has 0 bridgehead atoms. The highest BCUT2D eigenvalue weighted by Crippen LogP contribution is 2.42. The maximum Gasteiger partial charge on any atom is 0.164 e. The van der Waals surface area contributed by atoms with Crippen molar-refractivity contribution in [3.63, 3.8) is 0 Å². The van der Waals surface area contributed by atoms with Crippen molar-refractivity contribution >= 4 is 32.8 Å². The zero-order valence-corrected chi connectivity index (χ0v) is 25.2. The topological polar surface area (TPSA) is 64.7 Å². The molecule has 3 aromatic heterocycles. The Labute approximate surface area is 270 Å². The molecule has 9 rings (SSSR count). The fourth-order valence-corrected chi connectivity index (χ4v) is 6.26. The molecule has 5 heteroatoms. The smallest absolute Gasteiger partial charge is 0.164 e. The first kappa shape index (κ1) is 26.9. The first-order valence-corrected chi connectivity index (χ1v) is 15.6. The number of pyridine rings is 1. The van der Waals surface area contributed by atoms with Crippen LogP contribution in [0.1, 0.15) is 0 Å². The van der Waals surface area contributed by atoms with E-state index in [0.717, 1.165) is 71.8 Å². The molecule has 3 heterocycles. The summed E-state index contributed by atoms with van der Waals surface area (Å²) >= 11 is 0. The highest BCUT2D eigenvalue weighted by molar-refractivity contribution is 6.18. The fourth-order valence-electron chi connectivity index (χ4n) is 6.26. The van der Waals surface area contributed by atoms with Crippen molar-refractivity contribution in [3.8, 4) is 56.4 Å². The van der Waals surface area contributed by atoms with Crippen LogP contribution in [-0.4, -0.2) is 19.9 Å². The van der Waals surface area contributed by atoms with E-state index in [-0.39, 0.29) is 0 Å². The number of hydrogen-bond donors (Lipinski definition) is 0. The predicted octanol–water partition coefficient (Wildman–Crippen LogP) is 10.7. The Morgan fingerprint density at radius 3 is 1.68 bits per heavy atom. The van der Waals surface area contributed by atoms with Gasteiger partial charge in [0.15, 0.2) is 17.5 Å². The Morgan fingerprint density at radius 2 is 0.979 bits per heavy atom.